The molecule has 0 bridgehead atoms. The molecule has 105 valence electrons. The smallest absolute Gasteiger partial charge is 0.325 e. The van der Waals surface area contributed by atoms with Gasteiger partial charge in [0.2, 0.25) is 0 Å². The number of aromatic amines is 2. The number of nitrogens with zero attached hydrogens (tertiary/aromatic N) is 8. The van der Waals surface area contributed by atoms with Crippen LogP contribution in [0.3, 0.4) is 0 Å². The van der Waals surface area contributed by atoms with Gasteiger partial charge in [-0.2, -0.15) is 0 Å². The molecular formula is C6H8CuN10O2. The Kier molecular flexibility index (Phi) is 7.56. The third kappa shape index (κ3) is 7.51. The van der Waals surface area contributed by atoms with E-state index in [0.717, 1.165) is 0 Å². The number of amides is 2. The van der Waals surface area contributed by atoms with Gasteiger partial charge in [0.15, 0.2) is 11.8 Å². The van der Waals surface area contributed by atoms with Gasteiger partial charge in [-0.1, -0.05) is 0 Å². The number of tetrazole rings is 2. The third-order valence-electron chi connectivity index (χ3n) is 1.20. The number of hydrogen-bond acceptors (Lipinski definition) is 8. The van der Waals surface area contributed by atoms with Gasteiger partial charge in [0.05, 0.1) is 11.9 Å². The summed E-state index contributed by atoms with van der Waals surface area (Å²) in [7, 11) is 0. The number of carbonyl (C=O) groups is 2. The Labute approximate surface area is 117 Å². The van der Waals surface area contributed by atoms with E-state index in [4.69, 9.17) is 0 Å². The van der Waals surface area contributed by atoms with Gasteiger partial charge in [-0.3, -0.25) is 19.8 Å². The van der Waals surface area contributed by atoms with Crippen LogP contribution in [0.25, 0.3) is 10.6 Å². The van der Waals surface area contributed by atoms with E-state index in [1.165, 1.54) is 13.8 Å². The Hall–Kier alpha value is -2.40. The van der Waals surface area contributed by atoms with Gasteiger partial charge < -0.3 is 20.8 Å². The Morgan fingerprint density at radius 2 is 1.26 bits per heavy atom. The Morgan fingerprint density at radius 1 is 0.895 bits per heavy atom. The monoisotopic (exact) mass is 315 g/mol. The molecule has 0 saturated carbocycles. The van der Waals surface area contributed by atoms with Crippen LogP contribution in [0.2, 0.25) is 0 Å². The van der Waals surface area contributed by atoms with E-state index in [0.29, 0.717) is 0 Å². The van der Waals surface area contributed by atoms with Gasteiger partial charge in [-0.25, -0.2) is 0 Å². The molecule has 1 radical (unpaired) electrons. The Bertz CT molecular complexity index is 436. The summed E-state index contributed by atoms with van der Waals surface area (Å²) in [6.45, 7) is 2.64. The standard InChI is InChI=1S/2C3H5N5O.Cu/c2*1-2(9)4-3-5-7-8-6-3;/h2*1H3,(H2,4,5,6,7,8,9);/q;;+2/p-2. The van der Waals surface area contributed by atoms with Crippen LogP contribution in [0.4, 0.5) is 11.9 Å². The van der Waals surface area contributed by atoms with Crippen molar-refractivity contribution in [1.29, 1.82) is 0 Å². The maximum atomic E-state index is 10.2. The van der Waals surface area contributed by atoms with Crippen LogP contribution in [0.5, 0.6) is 0 Å². The molecule has 0 fully saturated rings. The minimum absolute atomic E-state index is 0. The minimum atomic E-state index is -0.325. The molecule has 13 heteroatoms. The first kappa shape index (κ1) is 16.6. The molecule has 19 heavy (non-hydrogen) atoms. The molecule has 2 amide bonds. The molecule has 0 aliphatic rings. The van der Waals surface area contributed by atoms with Crippen LogP contribution in [0.15, 0.2) is 0 Å². The van der Waals surface area contributed by atoms with Crippen molar-refractivity contribution in [2.75, 3.05) is 0 Å². The van der Waals surface area contributed by atoms with Crippen molar-refractivity contribution in [2.24, 2.45) is 0 Å². The van der Waals surface area contributed by atoms with Crippen LogP contribution in [0, 0.1) is 0 Å². The quantitative estimate of drug-likeness (QED) is 0.698. The zero-order valence-corrected chi connectivity index (χ0v) is 10.6. The van der Waals surface area contributed by atoms with Crippen molar-refractivity contribution in [3.63, 3.8) is 0 Å². The van der Waals surface area contributed by atoms with Crippen molar-refractivity contribution >= 4 is 23.7 Å². The second kappa shape index (κ2) is 8.66. The van der Waals surface area contributed by atoms with Gasteiger partial charge in [0.1, 0.15) is 0 Å². The first-order valence-electron chi connectivity index (χ1n) is 4.50. The largest absolute Gasteiger partial charge is 2.00 e. The van der Waals surface area contributed by atoms with E-state index >= 15 is 0 Å². The average Bonchev–Trinajstić information content (AvgIpc) is 2.90. The summed E-state index contributed by atoms with van der Waals surface area (Å²) < 4.78 is 0. The fourth-order valence-electron chi connectivity index (χ4n) is 0.701. The first-order valence-corrected chi connectivity index (χ1v) is 4.50. The topological polar surface area (TPSA) is 171 Å². The van der Waals surface area contributed by atoms with E-state index in [1.54, 1.807) is 0 Å². The van der Waals surface area contributed by atoms with E-state index in [2.05, 4.69) is 51.9 Å². The molecule has 0 atom stereocenters. The SMILES string of the molecule is CC(=O)[N-]c1nnn[nH]1.CC(=O)[N-]c1nnn[nH]1.[Cu+2]. The van der Waals surface area contributed by atoms with E-state index < -0.39 is 0 Å². The second-order valence-corrected chi connectivity index (χ2v) is 2.71. The van der Waals surface area contributed by atoms with E-state index in [9.17, 15) is 9.59 Å². The van der Waals surface area contributed by atoms with E-state index in [-0.39, 0.29) is 40.8 Å². The van der Waals surface area contributed by atoms with Crippen molar-refractivity contribution < 1.29 is 26.7 Å². The number of H-pyrrole nitrogens is 2. The van der Waals surface area contributed by atoms with Crippen LogP contribution in [-0.2, 0) is 26.7 Å². The van der Waals surface area contributed by atoms with Gasteiger partial charge in [-0.15, -0.1) is 20.9 Å². The molecule has 0 saturated heterocycles. The zero-order chi connectivity index (χ0) is 13.4. The fraction of sp³-hybridized carbons (Fsp3) is 0.333. The van der Waals surface area contributed by atoms with Gasteiger partial charge in [0.25, 0.3) is 0 Å². The summed E-state index contributed by atoms with van der Waals surface area (Å²) >= 11 is 0. The molecule has 0 aliphatic carbocycles. The Morgan fingerprint density at radius 3 is 1.47 bits per heavy atom. The molecule has 0 aromatic carbocycles. The molecule has 2 N–H and O–H groups in total. The molecule has 2 aromatic rings. The van der Waals surface area contributed by atoms with Crippen molar-refractivity contribution in [2.45, 2.75) is 13.8 Å². The summed E-state index contributed by atoms with van der Waals surface area (Å²) in [5.74, 6) is -0.368. The number of hydrogen-bond donors (Lipinski definition) is 2. The second-order valence-electron chi connectivity index (χ2n) is 2.71. The van der Waals surface area contributed by atoms with Gasteiger partial charge >= 0.3 is 17.1 Å². The van der Waals surface area contributed by atoms with Crippen LogP contribution < -0.4 is 0 Å². The van der Waals surface area contributed by atoms with Crippen LogP contribution in [-0.4, -0.2) is 53.1 Å². The Balaban J connectivity index is 0.000000324. The average molecular weight is 316 g/mol. The number of carbonyl (C=O) groups excluding carboxylic acids is 2. The number of aromatic nitrogens is 8. The molecule has 2 heterocycles. The fourth-order valence-corrected chi connectivity index (χ4v) is 0.701. The summed E-state index contributed by atoms with van der Waals surface area (Å²) in [6.07, 6.45) is 0. The summed E-state index contributed by atoms with van der Waals surface area (Å²) in [4.78, 5) is 20.5. The minimum Gasteiger partial charge on any atom is -0.325 e. The zero-order valence-electron chi connectivity index (χ0n) is 9.70. The summed E-state index contributed by atoms with van der Waals surface area (Å²) in [6, 6.07) is 0. The third-order valence-corrected chi connectivity index (χ3v) is 1.20. The molecule has 2 aromatic heterocycles. The number of nitrogens with one attached hydrogen (secondary N) is 2. The maximum Gasteiger partial charge on any atom is 2.00 e. The van der Waals surface area contributed by atoms with Crippen molar-refractivity contribution in [3.05, 3.63) is 10.6 Å². The number of rotatable bonds is 2. The first-order chi connectivity index (χ1) is 8.58. The molecule has 0 aliphatic heterocycles. The maximum absolute atomic E-state index is 10.2. The summed E-state index contributed by atoms with van der Waals surface area (Å²) in [5.41, 5.74) is 0. The molecule has 0 unspecified atom stereocenters. The predicted octanol–water partition coefficient (Wildman–Crippen LogP) is -0.500. The summed E-state index contributed by atoms with van der Waals surface area (Å²) in [5, 5.41) is 30.9. The molecule has 0 spiro atoms. The van der Waals surface area contributed by atoms with Gasteiger partial charge in [0, 0.05) is 13.8 Å². The predicted molar refractivity (Wildman–Crippen MR) is 55.8 cm³/mol. The van der Waals surface area contributed by atoms with Crippen molar-refractivity contribution in [3.8, 4) is 0 Å². The normalized spacial score (nSPS) is 8.53. The van der Waals surface area contributed by atoms with Gasteiger partial charge in [-0.05, 0) is 0 Å². The van der Waals surface area contributed by atoms with Crippen LogP contribution in [0.1, 0.15) is 13.8 Å². The molecular weight excluding hydrogens is 308 g/mol. The molecule has 12 nitrogen and oxygen atoms in total. The van der Waals surface area contributed by atoms with E-state index in [1.807, 2.05) is 0 Å². The van der Waals surface area contributed by atoms with Crippen molar-refractivity contribution in [1.82, 2.24) is 41.2 Å². The van der Waals surface area contributed by atoms with Crippen LogP contribution >= 0.6 is 0 Å². The molecule has 2 rings (SSSR count).